The number of carbonyl (C=O) groups excluding carboxylic acids is 1. The first-order chi connectivity index (χ1) is 15.1. The van der Waals surface area contributed by atoms with Gasteiger partial charge in [0.2, 0.25) is 0 Å². The van der Waals surface area contributed by atoms with E-state index >= 15 is 0 Å². The van der Waals surface area contributed by atoms with Gasteiger partial charge in [0.15, 0.2) is 5.75 Å². The number of sulfonamides is 1. The van der Waals surface area contributed by atoms with Gasteiger partial charge in [0, 0.05) is 12.6 Å². The monoisotopic (exact) mass is 464 g/mol. The molecule has 0 saturated heterocycles. The highest BCUT2D eigenvalue weighted by molar-refractivity contribution is 7.92. The van der Waals surface area contributed by atoms with Crippen LogP contribution in [0.4, 0.5) is 18.9 Å². The van der Waals surface area contributed by atoms with Crippen molar-refractivity contribution < 1.29 is 31.1 Å². The van der Waals surface area contributed by atoms with Gasteiger partial charge in [-0.05, 0) is 42.5 Å². The molecule has 0 aliphatic heterocycles. The lowest BCUT2D eigenvalue weighted by molar-refractivity contribution is -0.123. The predicted octanol–water partition coefficient (Wildman–Crippen LogP) is 4.60. The summed E-state index contributed by atoms with van der Waals surface area (Å²) in [5.41, 5.74) is 0.0285. The van der Waals surface area contributed by atoms with Crippen LogP contribution in [-0.4, -0.2) is 34.1 Å². The molecule has 3 aromatic rings. The zero-order valence-corrected chi connectivity index (χ0v) is 17.7. The third-order valence-electron chi connectivity index (χ3n) is 4.38. The van der Waals surface area contributed by atoms with Crippen molar-refractivity contribution in [3.8, 4) is 11.5 Å². The molecule has 0 bridgehead atoms. The first-order valence-corrected chi connectivity index (χ1v) is 10.8. The van der Waals surface area contributed by atoms with Crippen LogP contribution in [0.2, 0.25) is 0 Å². The number of ether oxygens (including phenoxy) is 1. The molecule has 1 N–H and O–H groups in total. The van der Waals surface area contributed by atoms with E-state index in [9.17, 15) is 26.4 Å². The van der Waals surface area contributed by atoms with E-state index in [0.717, 1.165) is 10.4 Å². The molecule has 0 aromatic heterocycles. The first-order valence-electron chi connectivity index (χ1n) is 9.34. The van der Waals surface area contributed by atoms with Crippen molar-refractivity contribution in [3.63, 3.8) is 0 Å². The lowest BCUT2D eigenvalue weighted by Crippen LogP contribution is -2.34. The van der Waals surface area contributed by atoms with Crippen LogP contribution >= 0.6 is 0 Å². The number of amides is 1. The van der Waals surface area contributed by atoms with Crippen molar-refractivity contribution in [1.29, 1.82) is 0 Å². The smallest absolute Gasteiger partial charge is 0.405 e. The quantitative estimate of drug-likeness (QED) is 0.555. The van der Waals surface area contributed by atoms with E-state index < -0.39 is 28.7 Å². The number of nitrogens with zero attached hydrogens (tertiary/aromatic N) is 1. The Morgan fingerprint density at radius 2 is 1.62 bits per heavy atom. The van der Waals surface area contributed by atoms with Gasteiger partial charge >= 0.3 is 6.18 Å². The molecule has 0 spiro atoms. The zero-order chi connectivity index (χ0) is 23.4. The second-order valence-electron chi connectivity index (χ2n) is 6.68. The Kier molecular flexibility index (Phi) is 6.73. The average molecular weight is 464 g/mol. The highest BCUT2D eigenvalue weighted by atomic mass is 32.2. The highest BCUT2D eigenvalue weighted by Gasteiger charge is 2.29. The molecule has 3 aromatic carbocycles. The fourth-order valence-corrected chi connectivity index (χ4v) is 4.04. The summed E-state index contributed by atoms with van der Waals surface area (Å²) < 4.78 is 70.2. The number of anilines is 1. The summed E-state index contributed by atoms with van der Waals surface area (Å²) in [4.78, 5) is 11.8. The molecule has 168 valence electrons. The molecule has 0 aliphatic carbocycles. The van der Waals surface area contributed by atoms with Gasteiger partial charge in [0.1, 0.15) is 12.3 Å². The molecule has 0 fully saturated rings. The van der Waals surface area contributed by atoms with Gasteiger partial charge in [-0.1, -0.05) is 36.4 Å². The third-order valence-corrected chi connectivity index (χ3v) is 6.15. The Labute approximate surface area is 183 Å². The van der Waals surface area contributed by atoms with Gasteiger partial charge in [-0.3, -0.25) is 9.10 Å². The summed E-state index contributed by atoms with van der Waals surface area (Å²) in [6.45, 7) is -1.52. The molecule has 3 rings (SSSR count). The van der Waals surface area contributed by atoms with E-state index in [4.69, 9.17) is 4.74 Å². The molecule has 0 radical (unpaired) electrons. The molecule has 0 heterocycles. The largest absolute Gasteiger partial charge is 0.455 e. The molecule has 0 aliphatic rings. The summed E-state index contributed by atoms with van der Waals surface area (Å²) in [5.74, 6) is -0.243. The fourth-order valence-electron chi connectivity index (χ4n) is 2.79. The van der Waals surface area contributed by atoms with Crippen molar-refractivity contribution in [3.05, 3.63) is 84.4 Å². The number of benzene rings is 3. The van der Waals surface area contributed by atoms with Gasteiger partial charge in [-0.25, -0.2) is 8.42 Å². The summed E-state index contributed by atoms with van der Waals surface area (Å²) >= 11 is 0. The van der Waals surface area contributed by atoms with Crippen LogP contribution in [0.3, 0.4) is 0 Å². The van der Waals surface area contributed by atoms with E-state index in [1.807, 2.05) is 6.07 Å². The molecule has 1 amide bonds. The van der Waals surface area contributed by atoms with Crippen LogP contribution in [-0.2, 0) is 10.0 Å². The Bertz CT molecular complexity index is 1200. The van der Waals surface area contributed by atoms with Gasteiger partial charge in [-0.2, -0.15) is 13.2 Å². The minimum Gasteiger partial charge on any atom is -0.455 e. The molecule has 0 unspecified atom stereocenters. The van der Waals surface area contributed by atoms with Crippen LogP contribution < -0.4 is 14.4 Å². The van der Waals surface area contributed by atoms with E-state index in [1.165, 1.54) is 25.2 Å². The van der Waals surface area contributed by atoms with Gasteiger partial charge < -0.3 is 10.1 Å². The maximum atomic E-state index is 13.2. The number of nitrogens with one attached hydrogen (secondary N) is 1. The minimum absolute atomic E-state index is 0.211. The molecule has 10 heteroatoms. The van der Waals surface area contributed by atoms with E-state index in [0.29, 0.717) is 5.75 Å². The van der Waals surface area contributed by atoms with Crippen molar-refractivity contribution in [1.82, 2.24) is 5.32 Å². The topological polar surface area (TPSA) is 75.7 Å². The first kappa shape index (κ1) is 23.1. The number of hydrogen-bond donors (Lipinski definition) is 1. The van der Waals surface area contributed by atoms with Crippen LogP contribution in [0, 0.1) is 0 Å². The molecule has 32 heavy (non-hydrogen) atoms. The Balaban J connectivity index is 1.88. The molecule has 0 atom stereocenters. The predicted molar refractivity (Wildman–Crippen MR) is 113 cm³/mol. The summed E-state index contributed by atoms with van der Waals surface area (Å²) in [6.07, 6.45) is -4.58. The highest BCUT2D eigenvalue weighted by Crippen LogP contribution is 2.34. The van der Waals surface area contributed by atoms with Crippen molar-refractivity contribution >= 4 is 21.6 Å². The van der Waals surface area contributed by atoms with Crippen LogP contribution in [0.5, 0.6) is 11.5 Å². The number of alkyl halides is 3. The van der Waals surface area contributed by atoms with Crippen LogP contribution in [0.15, 0.2) is 83.8 Å². The number of hydrogen-bond acceptors (Lipinski definition) is 4. The van der Waals surface area contributed by atoms with E-state index in [-0.39, 0.29) is 21.9 Å². The summed E-state index contributed by atoms with van der Waals surface area (Å²) in [7, 11) is -2.84. The molecular formula is C22H19F3N2O4S. The maximum Gasteiger partial charge on any atom is 0.405 e. The molecule has 6 nitrogen and oxygen atoms in total. The molecular weight excluding hydrogens is 445 g/mol. The van der Waals surface area contributed by atoms with Crippen molar-refractivity contribution in [2.75, 3.05) is 17.9 Å². The third kappa shape index (κ3) is 5.58. The Hall–Kier alpha value is -3.53. The Morgan fingerprint density at radius 3 is 2.31 bits per heavy atom. The number of para-hydroxylation sites is 3. The van der Waals surface area contributed by atoms with Gasteiger partial charge in [0.25, 0.3) is 15.9 Å². The number of rotatable bonds is 7. The SMILES string of the molecule is CN(c1ccccc1Oc1ccccc1)S(=O)(=O)c1cccc(C(=O)NCC(F)(F)F)c1. The van der Waals surface area contributed by atoms with Crippen molar-refractivity contribution in [2.24, 2.45) is 0 Å². The fraction of sp³-hybridized carbons (Fsp3) is 0.136. The summed E-state index contributed by atoms with van der Waals surface area (Å²) in [5, 5.41) is 1.72. The maximum absolute atomic E-state index is 13.2. The normalized spacial score (nSPS) is 11.6. The van der Waals surface area contributed by atoms with Crippen molar-refractivity contribution in [2.45, 2.75) is 11.1 Å². The lowest BCUT2D eigenvalue weighted by atomic mass is 10.2. The number of halogens is 3. The van der Waals surface area contributed by atoms with E-state index in [1.54, 1.807) is 53.8 Å². The second kappa shape index (κ2) is 9.31. The van der Waals surface area contributed by atoms with Crippen LogP contribution in [0.1, 0.15) is 10.4 Å². The minimum atomic E-state index is -4.58. The van der Waals surface area contributed by atoms with E-state index in [2.05, 4.69) is 0 Å². The number of carbonyl (C=O) groups is 1. The second-order valence-corrected chi connectivity index (χ2v) is 8.65. The lowest BCUT2D eigenvalue weighted by Gasteiger charge is -2.22. The van der Waals surface area contributed by atoms with Crippen LogP contribution in [0.25, 0.3) is 0 Å². The van der Waals surface area contributed by atoms with Gasteiger partial charge in [-0.15, -0.1) is 0 Å². The van der Waals surface area contributed by atoms with Gasteiger partial charge in [0.05, 0.1) is 10.6 Å². The average Bonchev–Trinajstić information content (AvgIpc) is 2.77. The Morgan fingerprint density at radius 1 is 0.969 bits per heavy atom. The summed E-state index contributed by atoms with van der Waals surface area (Å²) in [6, 6.07) is 20.1. The molecule has 0 saturated carbocycles. The zero-order valence-electron chi connectivity index (χ0n) is 16.8. The standard InChI is InChI=1S/C22H19F3N2O4S/c1-27(19-12-5-6-13-20(19)31-17-9-3-2-4-10-17)32(29,30)18-11-7-8-16(14-18)21(28)26-15-22(23,24)25/h2-14H,15H2,1H3,(H,26,28).